The average molecular weight is 281 g/mol. The maximum atomic E-state index is 5.91. The summed E-state index contributed by atoms with van der Waals surface area (Å²) in [6.07, 6.45) is 8.10. The molecule has 0 aromatic carbocycles. The second-order valence-electron chi connectivity index (χ2n) is 8.15. The molecule has 2 aliphatic rings. The topological polar surface area (TPSA) is 21.3 Å². The van der Waals surface area contributed by atoms with Gasteiger partial charge in [-0.25, -0.2) is 0 Å². The highest BCUT2D eigenvalue weighted by atomic mass is 16.5. The fraction of sp³-hybridized carbons (Fsp3) is 1.00. The largest absolute Gasteiger partial charge is 0.381 e. The van der Waals surface area contributed by atoms with Gasteiger partial charge >= 0.3 is 0 Å². The summed E-state index contributed by atoms with van der Waals surface area (Å²) < 4.78 is 5.91. The minimum atomic E-state index is 0.456. The number of nitrogens with one attached hydrogen (secondary N) is 1. The van der Waals surface area contributed by atoms with Crippen molar-refractivity contribution in [2.45, 2.75) is 72.3 Å². The molecular weight excluding hydrogens is 246 g/mol. The zero-order valence-corrected chi connectivity index (χ0v) is 14.1. The summed E-state index contributed by atoms with van der Waals surface area (Å²) in [5, 5.41) is 3.74. The van der Waals surface area contributed by atoms with Crippen molar-refractivity contribution in [3.63, 3.8) is 0 Å². The van der Waals surface area contributed by atoms with Gasteiger partial charge < -0.3 is 10.1 Å². The van der Waals surface area contributed by atoms with E-state index < -0.39 is 0 Å². The maximum Gasteiger partial charge on any atom is 0.0497 e. The van der Waals surface area contributed by atoms with Gasteiger partial charge in [-0.3, -0.25) is 0 Å². The van der Waals surface area contributed by atoms with Gasteiger partial charge in [0.15, 0.2) is 0 Å². The SMILES string of the molecule is CCCOCC1CC(C(C)(C)C)CCC1CNC1CC1. The fourth-order valence-electron chi connectivity index (χ4n) is 3.57. The molecule has 2 nitrogen and oxygen atoms in total. The number of rotatable bonds is 7. The van der Waals surface area contributed by atoms with Gasteiger partial charge in [0.05, 0.1) is 0 Å². The predicted molar refractivity (Wildman–Crippen MR) is 85.9 cm³/mol. The summed E-state index contributed by atoms with van der Waals surface area (Å²) >= 11 is 0. The lowest BCUT2D eigenvalue weighted by atomic mass is 9.65. The third-order valence-corrected chi connectivity index (χ3v) is 5.29. The normalized spacial score (nSPS) is 31.5. The Morgan fingerprint density at radius 1 is 1.05 bits per heavy atom. The van der Waals surface area contributed by atoms with Crippen LogP contribution in [0.3, 0.4) is 0 Å². The van der Waals surface area contributed by atoms with Crippen molar-refractivity contribution in [3.05, 3.63) is 0 Å². The standard InChI is InChI=1S/C18H35NO/c1-5-10-20-13-15-11-16(18(2,3)4)7-6-14(15)12-19-17-8-9-17/h14-17,19H,5-13H2,1-4H3. The van der Waals surface area contributed by atoms with E-state index in [-0.39, 0.29) is 0 Å². The number of hydrogen-bond acceptors (Lipinski definition) is 2. The summed E-state index contributed by atoms with van der Waals surface area (Å²) in [7, 11) is 0. The first-order chi connectivity index (χ1) is 9.50. The van der Waals surface area contributed by atoms with Crippen LogP contribution in [0.2, 0.25) is 0 Å². The van der Waals surface area contributed by atoms with Crippen LogP contribution in [0.15, 0.2) is 0 Å². The Bertz CT molecular complexity index is 280. The average Bonchev–Trinajstić information content (AvgIpc) is 3.20. The molecule has 118 valence electrons. The fourth-order valence-corrected chi connectivity index (χ4v) is 3.57. The highest BCUT2D eigenvalue weighted by Gasteiger charge is 2.36. The van der Waals surface area contributed by atoms with Crippen molar-refractivity contribution in [2.75, 3.05) is 19.8 Å². The number of hydrogen-bond donors (Lipinski definition) is 1. The van der Waals surface area contributed by atoms with Crippen LogP contribution < -0.4 is 5.32 Å². The quantitative estimate of drug-likeness (QED) is 0.705. The monoisotopic (exact) mass is 281 g/mol. The van der Waals surface area contributed by atoms with Gasteiger partial charge in [0.1, 0.15) is 0 Å². The van der Waals surface area contributed by atoms with E-state index in [1.54, 1.807) is 0 Å². The van der Waals surface area contributed by atoms with E-state index in [1.165, 1.54) is 38.6 Å². The molecule has 0 saturated heterocycles. The Kier molecular flexibility index (Phi) is 5.92. The van der Waals surface area contributed by atoms with Crippen LogP contribution in [0.5, 0.6) is 0 Å². The van der Waals surface area contributed by atoms with E-state index in [4.69, 9.17) is 4.74 Å². The first kappa shape index (κ1) is 16.3. The second-order valence-corrected chi connectivity index (χ2v) is 8.15. The summed E-state index contributed by atoms with van der Waals surface area (Å²) in [5.74, 6) is 2.48. The van der Waals surface area contributed by atoms with E-state index in [0.717, 1.165) is 43.4 Å². The van der Waals surface area contributed by atoms with Crippen LogP contribution in [0.25, 0.3) is 0 Å². The molecule has 2 rings (SSSR count). The molecular formula is C18H35NO. The molecule has 0 radical (unpaired) electrons. The first-order valence-corrected chi connectivity index (χ1v) is 8.81. The molecule has 0 aromatic heterocycles. The van der Waals surface area contributed by atoms with Gasteiger partial charge in [0.25, 0.3) is 0 Å². The highest BCUT2D eigenvalue weighted by molar-refractivity contribution is 4.89. The van der Waals surface area contributed by atoms with Crippen molar-refractivity contribution in [1.82, 2.24) is 5.32 Å². The Balaban J connectivity index is 1.84. The van der Waals surface area contributed by atoms with Crippen molar-refractivity contribution in [1.29, 1.82) is 0 Å². The Labute approximate surface area is 126 Å². The lowest BCUT2D eigenvalue weighted by molar-refractivity contribution is 0.0228. The van der Waals surface area contributed by atoms with Gasteiger partial charge in [-0.15, -0.1) is 0 Å². The number of ether oxygens (including phenoxy) is 1. The molecule has 1 N–H and O–H groups in total. The van der Waals surface area contributed by atoms with Crippen molar-refractivity contribution >= 4 is 0 Å². The molecule has 0 bridgehead atoms. The van der Waals surface area contributed by atoms with Crippen LogP contribution in [0.4, 0.5) is 0 Å². The van der Waals surface area contributed by atoms with E-state index in [0.29, 0.717) is 5.41 Å². The third kappa shape index (κ3) is 5.04. The molecule has 0 heterocycles. The Hall–Kier alpha value is -0.0800. The summed E-state index contributed by atoms with van der Waals surface area (Å²) in [4.78, 5) is 0. The van der Waals surface area contributed by atoms with E-state index in [2.05, 4.69) is 33.0 Å². The molecule has 2 fully saturated rings. The van der Waals surface area contributed by atoms with Gasteiger partial charge in [0.2, 0.25) is 0 Å². The first-order valence-electron chi connectivity index (χ1n) is 8.81. The molecule has 20 heavy (non-hydrogen) atoms. The van der Waals surface area contributed by atoms with Crippen LogP contribution in [0.1, 0.15) is 66.2 Å². The van der Waals surface area contributed by atoms with Crippen molar-refractivity contribution in [3.8, 4) is 0 Å². The zero-order valence-electron chi connectivity index (χ0n) is 14.1. The van der Waals surface area contributed by atoms with Gasteiger partial charge in [0, 0.05) is 19.3 Å². The molecule has 2 heteroatoms. The van der Waals surface area contributed by atoms with Gasteiger partial charge in [-0.1, -0.05) is 27.7 Å². The Morgan fingerprint density at radius 2 is 1.80 bits per heavy atom. The van der Waals surface area contributed by atoms with Crippen LogP contribution in [0, 0.1) is 23.2 Å². The minimum absolute atomic E-state index is 0.456. The van der Waals surface area contributed by atoms with Crippen molar-refractivity contribution < 1.29 is 4.74 Å². The zero-order chi connectivity index (χ0) is 14.6. The Morgan fingerprint density at radius 3 is 2.40 bits per heavy atom. The van der Waals surface area contributed by atoms with E-state index >= 15 is 0 Å². The van der Waals surface area contributed by atoms with E-state index in [1.807, 2.05) is 0 Å². The van der Waals surface area contributed by atoms with Gasteiger partial charge in [-0.05, 0) is 68.2 Å². The van der Waals surface area contributed by atoms with Crippen molar-refractivity contribution in [2.24, 2.45) is 23.2 Å². The predicted octanol–water partition coefficient (Wildman–Crippen LogP) is 4.24. The summed E-state index contributed by atoms with van der Waals surface area (Å²) in [6.45, 7) is 12.6. The smallest absolute Gasteiger partial charge is 0.0497 e. The lowest BCUT2D eigenvalue weighted by Crippen LogP contribution is -2.39. The molecule has 3 atom stereocenters. The molecule has 0 amide bonds. The van der Waals surface area contributed by atoms with Crippen LogP contribution >= 0.6 is 0 Å². The molecule has 0 aromatic rings. The second kappa shape index (κ2) is 7.26. The highest BCUT2D eigenvalue weighted by Crippen LogP contribution is 2.42. The molecule has 2 saturated carbocycles. The molecule has 0 spiro atoms. The molecule has 0 aliphatic heterocycles. The minimum Gasteiger partial charge on any atom is -0.381 e. The van der Waals surface area contributed by atoms with E-state index in [9.17, 15) is 0 Å². The lowest BCUT2D eigenvalue weighted by Gasteiger charge is -2.42. The van der Waals surface area contributed by atoms with Crippen LogP contribution in [-0.4, -0.2) is 25.8 Å². The summed E-state index contributed by atoms with van der Waals surface area (Å²) in [5.41, 5.74) is 0.456. The molecule has 3 unspecified atom stereocenters. The maximum absolute atomic E-state index is 5.91. The van der Waals surface area contributed by atoms with Crippen LogP contribution in [-0.2, 0) is 4.74 Å². The molecule has 2 aliphatic carbocycles. The third-order valence-electron chi connectivity index (χ3n) is 5.29. The summed E-state index contributed by atoms with van der Waals surface area (Å²) in [6, 6.07) is 0.840. The van der Waals surface area contributed by atoms with Gasteiger partial charge in [-0.2, -0.15) is 0 Å².